The van der Waals surface area contributed by atoms with Gasteiger partial charge in [-0.3, -0.25) is 14.3 Å². The van der Waals surface area contributed by atoms with E-state index in [-0.39, 0.29) is 18.4 Å². The number of anilines is 1. The van der Waals surface area contributed by atoms with E-state index in [1.807, 2.05) is 0 Å². The third-order valence-corrected chi connectivity index (χ3v) is 3.48. The molecule has 24 heavy (non-hydrogen) atoms. The predicted octanol–water partition coefficient (Wildman–Crippen LogP) is 1.93. The number of carbonyl (C=O) groups excluding carboxylic acids is 2. The molecule has 126 valence electrons. The summed E-state index contributed by atoms with van der Waals surface area (Å²) in [6.45, 7) is 3.46. The van der Waals surface area contributed by atoms with Crippen molar-refractivity contribution in [3.63, 3.8) is 0 Å². The van der Waals surface area contributed by atoms with Crippen molar-refractivity contribution in [2.75, 3.05) is 18.6 Å². The fraction of sp³-hybridized carbons (Fsp3) is 0.235. The number of benzene rings is 1. The number of rotatable bonds is 7. The minimum absolute atomic E-state index is 0.201. The summed E-state index contributed by atoms with van der Waals surface area (Å²) in [5.74, 6) is -0.463. The monoisotopic (exact) mass is 330 g/mol. The summed E-state index contributed by atoms with van der Waals surface area (Å²) in [5.41, 5.74) is 1.95. The number of alkyl halides is 1. The number of hydrogen-bond acceptors (Lipinski definition) is 3. The Labute approximate surface area is 139 Å². The van der Waals surface area contributed by atoms with Gasteiger partial charge in [0, 0.05) is 36.6 Å². The molecule has 0 aliphatic carbocycles. The van der Waals surface area contributed by atoms with Crippen molar-refractivity contribution in [1.29, 1.82) is 0 Å². The summed E-state index contributed by atoms with van der Waals surface area (Å²) in [7, 11) is 1.63. The third-order valence-electron chi connectivity index (χ3n) is 3.48. The van der Waals surface area contributed by atoms with Gasteiger partial charge in [-0.05, 0) is 30.3 Å². The summed E-state index contributed by atoms with van der Waals surface area (Å²) in [6, 6.07) is 6.67. The second-order valence-corrected chi connectivity index (χ2v) is 5.13. The number of amides is 2. The van der Waals surface area contributed by atoms with Crippen LogP contribution in [0.25, 0.3) is 0 Å². The Morgan fingerprint density at radius 1 is 1.38 bits per heavy atom. The van der Waals surface area contributed by atoms with Crippen LogP contribution in [0.3, 0.4) is 0 Å². The van der Waals surface area contributed by atoms with Crippen LogP contribution in [0.4, 0.5) is 10.1 Å². The lowest BCUT2D eigenvalue weighted by Crippen LogP contribution is -2.24. The van der Waals surface area contributed by atoms with Crippen LogP contribution in [-0.4, -0.2) is 35.3 Å². The fourth-order valence-corrected chi connectivity index (χ4v) is 2.09. The molecule has 0 saturated heterocycles. The molecule has 1 heterocycles. The maximum Gasteiger partial charge on any atom is 0.251 e. The number of likely N-dealkylation sites (N-methyl/N-ethyl adjacent to an activating group) is 1. The van der Waals surface area contributed by atoms with Crippen LogP contribution in [0.5, 0.6) is 0 Å². The predicted molar refractivity (Wildman–Crippen MR) is 89.4 cm³/mol. The average Bonchev–Trinajstić information content (AvgIpc) is 3.06. The highest BCUT2D eigenvalue weighted by molar-refractivity contribution is 6.01. The van der Waals surface area contributed by atoms with Gasteiger partial charge in [0.2, 0.25) is 5.91 Å². The summed E-state index contributed by atoms with van der Waals surface area (Å²) in [6.07, 6.45) is 4.51. The number of carbonyl (C=O) groups is 2. The number of aromatic nitrogens is 2. The lowest BCUT2D eigenvalue weighted by Gasteiger charge is -2.15. The Kier molecular flexibility index (Phi) is 5.83. The van der Waals surface area contributed by atoms with Crippen molar-refractivity contribution >= 4 is 17.5 Å². The van der Waals surface area contributed by atoms with Gasteiger partial charge in [-0.25, -0.2) is 4.39 Å². The minimum atomic E-state index is -0.484. The van der Waals surface area contributed by atoms with Crippen molar-refractivity contribution in [3.05, 3.63) is 60.4 Å². The Hall–Kier alpha value is -2.96. The van der Waals surface area contributed by atoms with Crippen LogP contribution in [-0.2, 0) is 17.9 Å². The normalized spacial score (nSPS) is 10.2. The molecule has 2 rings (SSSR count). The molecule has 0 spiro atoms. The zero-order valence-corrected chi connectivity index (χ0v) is 13.4. The number of nitrogens with one attached hydrogen (secondary N) is 1. The van der Waals surface area contributed by atoms with Gasteiger partial charge in [-0.15, -0.1) is 0 Å². The minimum Gasteiger partial charge on any atom is -0.348 e. The molecule has 0 unspecified atom stereocenters. The van der Waals surface area contributed by atoms with Crippen LogP contribution >= 0.6 is 0 Å². The van der Waals surface area contributed by atoms with Crippen LogP contribution in [0.2, 0.25) is 0 Å². The fourth-order valence-electron chi connectivity index (χ4n) is 2.09. The standard InChI is InChI=1S/C17H19FN4O2/c1-3-16(23)21(2)15-6-4-14(5-7-15)17(24)19-10-13-11-20-22(12-13)9-8-18/h3-7,11-12H,1,8-10H2,2H3,(H,19,24). The van der Waals surface area contributed by atoms with E-state index < -0.39 is 6.67 Å². The molecule has 1 N–H and O–H groups in total. The number of hydrogen-bond donors (Lipinski definition) is 1. The highest BCUT2D eigenvalue weighted by Crippen LogP contribution is 2.14. The van der Waals surface area contributed by atoms with Gasteiger partial charge in [0.25, 0.3) is 5.91 Å². The quantitative estimate of drug-likeness (QED) is 0.789. The van der Waals surface area contributed by atoms with E-state index in [4.69, 9.17) is 0 Å². The largest absolute Gasteiger partial charge is 0.348 e. The topological polar surface area (TPSA) is 67.2 Å². The maximum absolute atomic E-state index is 12.2. The van der Waals surface area contributed by atoms with Crippen LogP contribution in [0, 0.1) is 0 Å². The first-order valence-electron chi connectivity index (χ1n) is 7.41. The molecule has 7 heteroatoms. The molecule has 0 aliphatic heterocycles. The van der Waals surface area contributed by atoms with E-state index in [1.54, 1.807) is 43.7 Å². The average molecular weight is 330 g/mol. The van der Waals surface area contributed by atoms with Gasteiger partial charge in [-0.2, -0.15) is 5.10 Å². The van der Waals surface area contributed by atoms with E-state index in [0.717, 1.165) is 5.56 Å². The molecule has 0 bridgehead atoms. The Bertz CT molecular complexity index is 724. The van der Waals surface area contributed by atoms with Crippen molar-refractivity contribution in [3.8, 4) is 0 Å². The summed E-state index contributed by atoms with van der Waals surface area (Å²) < 4.78 is 13.7. The molecule has 0 radical (unpaired) electrons. The van der Waals surface area contributed by atoms with Crippen molar-refractivity contribution in [2.45, 2.75) is 13.1 Å². The molecule has 1 aromatic heterocycles. The van der Waals surface area contributed by atoms with Crippen molar-refractivity contribution in [1.82, 2.24) is 15.1 Å². The summed E-state index contributed by atoms with van der Waals surface area (Å²) in [5, 5.41) is 6.76. The smallest absolute Gasteiger partial charge is 0.251 e. The molecule has 2 amide bonds. The Morgan fingerprint density at radius 3 is 2.71 bits per heavy atom. The first kappa shape index (κ1) is 17.4. The first-order chi connectivity index (χ1) is 11.5. The molecule has 0 fully saturated rings. The summed E-state index contributed by atoms with van der Waals surface area (Å²) >= 11 is 0. The second kappa shape index (κ2) is 8.05. The third kappa shape index (κ3) is 4.28. The molecule has 2 aromatic rings. The van der Waals surface area contributed by atoms with Gasteiger partial charge in [0.05, 0.1) is 12.7 Å². The number of halogens is 1. The number of nitrogens with zero attached hydrogens (tertiary/aromatic N) is 3. The van der Waals surface area contributed by atoms with Gasteiger partial charge < -0.3 is 10.2 Å². The van der Waals surface area contributed by atoms with E-state index in [1.165, 1.54) is 15.7 Å². The van der Waals surface area contributed by atoms with Crippen molar-refractivity contribution < 1.29 is 14.0 Å². The van der Waals surface area contributed by atoms with Gasteiger partial charge in [-0.1, -0.05) is 6.58 Å². The van der Waals surface area contributed by atoms with E-state index in [2.05, 4.69) is 17.0 Å². The molecule has 1 aromatic carbocycles. The highest BCUT2D eigenvalue weighted by atomic mass is 19.1. The molecule has 6 nitrogen and oxygen atoms in total. The van der Waals surface area contributed by atoms with E-state index in [0.29, 0.717) is 17.8 Å². The van der Waals surface area contributed by atoms with Crippen LogP contribution in [0.1, 0.15) is 15.9 Å². The maximum atomic E-state index is 12.2. The van der Waals surface area contributed by atoms with Crippen LogP contribution < -0.4 is 10.2 Å². The van der Waals surface area contributed by atoms with Gasteiger partial charge >= 0.3 is 0 Å². The van der Waals surface area contributed by atoms with E-state index >= 15 is 0 Å². The lowest BCUT2D eigenvalue weighted by molar-refractivity contribution is -0.113. The molecular formula is C17H19FN4O2. The first-order valence-corrected chi connectivity index (χ1v) is 7.41. The molecule has 0 atom stereocenters. The Balaban J connectivity index is 1.94. The molecule has 0 aliphatic rings. The highest BCUT2D eigenvalue weighted by Gasteiger charge is 2.10. The molecular weight excluding hydrogens is 311 g/mol. The van der Waals surface area contributed by atoms with Gasteiger partial charge in [0.1, 0.15) is 6.67 Å². The van der Waals surface area contributed by atoms with E-state index in [9.17, 15) is 14.0 Å². The SMILES string of the molecule is C=CC(=O)N(C)c1ccc(C(=O)NCc2cnn(CCF)c2)cc1. The van der Waals surface area contributed by atoms with Gasteiger partial charge in [0.15, 0.2) is 0 Å². The zero-order valence-electron chi connectivity index (χ0n) is 13.4. The lowest BCUT2D eigenvalue weighted by atomic mass is 10.2. The molecule has 0 saturated carbocycles. The number of aryl methyl sites for hydroxylation is 1. The van der Waals surface area contributed by atoms with Crippen LogP contribution in [0.15, 0.2) is 49.3 Å². The van der Waals surface area contributed by atoms with Crippen molar-refractivity contribution in [2.24, 2.45) is 0 Å². The zero-order chi connectivity index (χ0) is 17.5. The second-order valence-electron chi connectivity index (χ2n) is 5.13. The Morgan fingerprint density at radius 2 is 2.08 bits per heavy atom. The summed E-state index contributed by atoms with van der Waals surface area (Å²) in [4.78, 5) is 25.1.